The van der Waals surface area contributed by atoms with Crippen LogP contribution in [0.4, 0.5) is 10.6 Å². The maximum Gasteiger partial charge on any atom is 0.323 e. The van der Waals surface area contributed by atoms with Crippen LogP contribution in [-0.2, 0) is 7.05 Å². The maximum atomic E-state index is 12.6. The van der Waals surface area contributed by atoms with E-state index in [1.165, 1.54) is 11.1 Å². The van der Waals surface area contributed by atoms with Crippen LogP contribution in [0.2, 0.25) is 0 Å². The van der Waals surface area contributed by atoms with Crippen LogP contribution in [0, 0.1) is 0 Å². The number of piperazine rings is 1. The zero-order chi connectivity index (χ0) is 19.3. The lowest BCUT2D eigenvalue weighted by Crippen LogP contribution is -2.51. The molecule has 3 aromatic rings. The Hall–Kier alpha value is -3.12. The molecule has 1 fully saturated rings. The van der Waals surface area contributed by atoms with Crippen molar-refractivity contribution in [1.29, 1.82) is 0 Å². The normalized spacial score (nSPS) is 15.0. The molecule has 2 amide bonds. The first-order chi connectivity index (χ1) is 13.7. The molecule has 2 aromatic carbocycles. The molecular weight excluding hydrogens is 350 g/mol. The van der Waals surface area contributed by atoms with E-state index in [4.69, 9.17) is 0 Å². The van der Waals surface area contributed by atoms with Gasteiger partial charge in [-0.05, 0) is 11.1 Å². The highest BCUT2D eigenvalue weighted by Gasteiger charge is 2.28. The first-order valence-electron chi connectivity index (χ1n) is 9.60. The van der Waals surface area contributed by atoms with Gasteiger partial charge in [-0.15, -0.1) is 0 Å². The van der Waals surface area contributed by atoms with Crippen LogP contribution in [0.25, 0.3) is 0 Å². The highest BCUT2D eigenvalue weighted by molar-refractivity contribution is 5.88. The van der Waals surface area contributed by atoms with Crippen LogP contribution in [0.15, 0.2) is 72.9 Å². The molecule has 4 rings (SSSR count). The van der Waals surface area contributed by atoms with Gasteiger partial charge in [-0.25, -0.2) is 4.79 Å². The van der Waals surface area contributed by atoms with Crippen LogP contribution >= 0.6 is 0 Å². The first kappa shape index (κ1) is 18.3. The number of aryl methyl sites for hydroxylation is 1. The van der Waals surface area contributed by atoms with Gasteiger partial charge >= 0.3 is 6.03 Å². The number of rotatable bonds is 4. The molecule has 1 aliphatic heterocycles. The monoisotopic (exact) mass is 375 g/mol. The SMILES string of the molecule is Cn1nccc1NC(=O)N1CCN(C(c2ccccc2)c2ccccc2)CC1. The fourth-order valence-electron chi connectivity index (χ4n) is 3.75. The molecule has 0 saturated carbocycles. The van der Waals surface area contributed by atoms with Gasteiger partial charge in [0, 0.05) is 39.3 Å². The van der Waals surface area contributed by atoms with E-state index in [2.05, 4.69) is 63.8 Å². The van der Waals surface area contributed by atoms with Gasteiger partial charge < -0.3 is 4.90 Å². The van der Waals surface area contributed by atoms with Crippen LogP contribution in [0.3, 0.4) is 0 Å². The van der Waals surface area contributed by atoms with Gasteiger partial charge in [0.1, 0.15) is 5.82 Å². The molecule has 0 radical (unpaired) electrons. The molecule has 0 atom stereocenters. The topological polar surface area (TPSA) is 53.4 Å². The molecule has 6 nitrogen and oxygen atoms in total. The van der Waals surface area contributed by atoms with Crippen molar-refractivity contribution in [2.24, 2.45) is 7.05 Å². The molecule has 28 heavy (non-hydrogen) atoms. The number of amides is 2. The van der Waals surface area contributed by atoms with E-state index in [1.807, 2.05) is 24.1 Å². The quantitative estimate of drug-likeness (QED) is 0.761. The summed E-state index contributed by atoms with van der Waals surface area (Å²) in [7, 11) is 1.82. The van der Waals surface area contributed by atoms with Crippen molar-refractivity contribution in [3.05, 3.63) is 84.1 Å². The summed E-state index contributed by atoms with van der Waals surface area (Å²) in [6.45, 7) is 3.04. The van der Waals surface area contributed by atoms with E-state index < -0.39 is 0 Å². The van der Waals surface area contributed by atoms with Crippen LogP contribution in [0.1, 0.15) is 17.2 Å². The number of aromatic nitrogens is 2. The molecule has 6 heteroatoms. The molecule has 0 unspecified atom stereocenters. The van der Waals surface area contributed by atoms with Crippen molar-refractivity contribution in [3.63, 3.8) is 0 Å². The second kappa shape index (κ2) is 8.27. The van der Waals surface area contributed by atoms with E-state index in [1.54, 1.807) is 16.9 Å². The number of urea groups is 1. The third-order valence-corrected chi connectivity index (χ3v) is 5.25. The van der Waals surface area contributed by atoms with Crippen molar-refractivity contribution >= 4 is 11.8 Å². The van der Waals surface area contributed by atoms with E-state index in [-0.39, 0.29) is 12.1 Å². The second-order valence-corrected chi connectivity index (χ2v) is 7.02. The molecule has 0 spiro atoms. The Morgan fingerprint density at radius 2 is 1.46 bits per heavy atom. The summed E-state index contributed by atoms with van der Waals surface area (Å²) in [5.74, 6) is 0.707. The Morgan fingerprint density at radius 1 is 0.893 bits per heavy atom. The number of anilines is 1. The Morgan fingerprint density at radius 3 is 1.96 bits per heavy atom. The lowest BCUT2D eigenvalue weighted by atomic mass is 9.96. The number of carbonyl (C=O) groups excluding carboxylic acids is 1. The molecule has 1 aromatic heterocycles. The molecule has 1 saturated heterocycles. The van der Waals surface area contributed by atoms with Crippen LogP contribution in [-0.4, -0.2) is 51.8 Å². The van der Waals surface area contributed by atoms with Gasteiger partial charge in [0.2, 0.25) is 0 Å². The molecule has 2 heterocycles. The lowest BCUT2D eigenvalue weighted by molar-refractivity contribution is 0.126. The molecule has 0 bridgehead atoms. The van der Waals surface area contributed by atoms with Crippen LogP contribution in [0.5, 0.6) is 0 Å². The van der Waals surface area contributed by atoms with Gasteiger partial charge in [-0.2, -0.15) is 5.10 Å². The molecule has 0 aliphatic carbocycles. The first-order valence-corrected chi connectivity index (χ1v) is 9.60. The van der Waals surface area contributed by atoms with Gasteiger partial charge in [0.25, 0.3) is 0 Å². The average molecular weight is 375 g/mol. The summed E-state index contributed by atoms with van der Waals surface area (Å²) in [5, 5.41) is 7.03. The largest absolute Gasteiger partial charge is 0.323 e. The average Bonchev–Trinajstić information content (AvgIpc) is 3.15. The van der Waals surface area contributed by atoms with Crippen molar-refractivity contribution < 1.29 is 4.79 Å². The molecule has 1 N–H and O–H groups in total. The van der Waals surface area contributed by atoms with Crippen molar-refractivity contribution in [3.8, 4) is 0 Å². The predicted molar refractivity (Wildman–Crippen MR) is 110 cm³/mol. The zero-order valence-electron chi connectivity index (χ0n) is 16.0. The fourth-order valence-corrected chi connectivity index (χ4v) is 3.75. The van der Waals surface area contributed by atoms with E-state index in [0.717, 1.165) is 13.1 Å². The zero-order valence-corrected chi connectivity index (χ0v) is 16.0. The van der Waals surface area contributed by atoms with Gasteiger partial charge in [0.15, 0.2) is 0 Å². The Kier molecular flexibility index (Phi) is 5.39. The number of benzene rings is 2. The Labute approximate surface area is 165 Å². The van der Waals surface area contributed by atoms with Gasteiger partial charge in [-0.3, -0.25) is 14.9 Å². The molecular formula is C22H25N5O. The number of nitrogens with one attached hydrogen (secondary N) is 1. The lowest BCUT2D eigenvalue weighted by Gasteiger charge is -2.39. The Bertz CT molecular complexity index is 861. The minimum atomic E-state index is -0.0702. The summed E-state index contributed by atoms with van der Waals surface area (Å²) >= 11 is 0. The van der Waals surface area contributed by atoms with E-state index in [9.17, 15) is 4.79 Å². The number of hydrogen-bond donors (Lipinski definition) is 1. The third-order valence-electron chi connectivity index (χ3n) is 5.25. The number of carbonyl (C=O) groups is 1. The molecule has 1 aliphatic rings. The molecule has 144 valence electrons. The minimum Gasteiger partial charge on any atom is -0.322 e. The van der Waals surface area contributed by atoms with Crippen molar-refractivity contribution in [1.82, 2.24) is 19.6 Å². The van der Waals surface area contributed by atoms with Crippen LogP contribution < -0.4 is 5.32 Å². The highest BCUT2D eigenvalue weighted by atomic mass is 16.2. The predicted octanol–water partition coefficient (Wildman–Crippen LogP) is 3.36. The fraction of sp³-hybridized carbons (Fsp3) is 0.273. The van der Waals surface area contributed by atoms with Gasteiger partial charge in [0.05, 0.1) is 12.2 Å². The summed E-state index contributed by atoms with van der Waals surface area (Å²) in [5.41, 5.74) is 2.56. The summed E-state index contributed by atoms with van der Waals surface area (Å²) in [6, 6.07) is 23.1. The van der Waals surface area contributed by atoms with E-state index >= 15 is 0 Å². The standard InChI is InChI=1S/C22H25N5O/c1-25-20(12-13-23-25)24-22(28)27-16-14-26(15-17-27)21(18-8-4-2-5-9-18)19-10-6-3-7-11-19/h2-13,21H,14-17H2,1H3,(H,24,28). The van der Waals surface area contributed by atoms with Gasteiger partial charge in [-0.1, -0.05) is 60.7 Å². The third kappa shape index (κ3) is 3.92. The Balaban J connectivity index is 1.46. The van der Waals surface area contributed by atoms with E-state index in [0.29, 0.717) is 18.9 Å². The minimum absolute atomic E-state index is 0.0702. The van der Waals surface area contributed by atoms with Crippen molar-refractivity contribution in [2.75, 3.05) is 31.5 Å². The number of hydrogen-bond acceptors (Lipinski definition) is 3. The summed E-state index contributed by atoms with van der Waals surface area (Å²) in [6.07, 6.45) is 1.68. The smallest absolute Gasteiger partial charge is 0.322 e. The number of nitrogens with zero attached hydrogens (tertiary/aromatic N) is 4. The highest BCUT2D eigenvalue weighted by Crippen LogP contribution is 2.29. The summed E-state index contributed by atoms with van der Waals surface area (Å²) < 4.78 is 1.66. The maximum absolute atomic E-state index is 12.6. The summed E-state index contributed by atoms with van der Waals surface area (Å²) in [4.78, 5) is 16.9. The van der Waals surface area contributed by atoms with Crippen molar-refractivity contribution in [2.45, 2.75) is 6.04 Å². The second-order valence-electron chi connectivity index (χ2n) is 7.02.